The van der Waals surface area contributed by atoms with Gasteiger partial charge in [-0.05, 0) is 49.0 Å². The third-order valence-corrected chi connectivity index (χ3v) is 5.21. The molecule has 2 aromatic carbocycles. The van der Waals surface area contributed by atoms with Crippen LogP contribution in [0.5, 0.6) is 0 Å². The molecule has 0 radical (unpaired) electrons. The number of hydrogen-bond acceptors (Lipinski definition) is 2. The number of hydrogen-bond donors (Lipinski definition) is 2. The van der Waals surface area contributed by atoms with Gasteiger partial charge in [-0.25, -0.2) is 0 Å². The van der Waals surface area contributed by atoms with E-state index in [4.69, 9.17) is 12.2 Å². The van der Waals surface area contributed by atoms with Gasteiger partial charge in [-0.2, -0.15) is 18.3 Å². The first kappa shape index (κ1) is 19.7. The molecular formula is C21H21F3N4S. The summed E-state index contributed by atoms with van der Waals surface area (Å²) in [6.07, 6.45) is -1.92. The van der Waals surface area contributed by atoms with Gasteiger partial charge < -0.3 is 10.6 Å². The fraction of sp³-hybridized carbons (Fsp3) is 0.333. The summed E-state index contributed by atoms with van der Waals surface area (Å²) in [6.45, 7) is 0.966. The van der Waals surface area contributed by atoms with Crippen molar-refractivity contribution in [3.05, 3.63) is 59.9 Å². The van der Waals surface area contributed by atoms with Crippen molar-refractivity contribution in [1.82, 2.24) is 15.1 Å². The summed E-state index contributed by atoms with van der Waals surface area (Å²) in [7, 11) is 0. The fourth-order valence-corrected chi connectivity index (χ4v) is 3.60. The molecule has 0 aliphatic heterocycles. The zero-order chi connectivity index (χ0) is 20.4. The van der Waals surface area contributed by atoms with Crippen molar-refractivity contribution >= 4 is 33.8 Å². The van der Waals surface area contributed by atoms with E-state index in [9.17, 15) is 13.2 Å². The highest BCUT2D eigenvalue weighted by atomic mass is 32.1. The van der Waals surface area contributed by atoms with E-state index < -0.39 is 11.9 Å². The molecule has 0 saturated heterocycles. The van der Waals surface area contributed by atoms with E-state index >= 15 is 0 Å². The number of aromatic nitrogens is 2. The van der Waals surface area contributed by atoms with Gasteiger partial charge in [0.25, 0.3) is 0 Å². The lowest BCUT2D eigenvalue weighted by Gasteiger charge is -2.13. The molecule has 0 bridgehead atoms. The third-order valence-electron chi connectivity index (χ3n) is 4.97. The maximum atomic E-state index is 13.0. The van der Waals surface area contributed by atoms with Crippen LogP contribution in [0.4, 0.5) is 18.9 Å². The topological polar surface area (TPSA) is 41.9 Å². The van der Waals surface area contributed by atoms with Crippen LogP contribution in [-0.4, -0.2) is 21.4 Å². The zero-order valence-corrected chi connectivity index (χ0v) is 16.5. The summed E-state index contributed by atoms with van der Waals surface area (Å²) in [5.74, 6) is 0.209. The zero-order valence-electron chi connectivity index (χ0n) is 15.7. The molecule has 0 spiro atoms. The Hall–Kier alpha value is -2.61. The monoisotopic (exact) mass is 418 g/mol. The van der Waals surface area contributed by atoms with Crippen LogP contribution >= 0.6 is 12.2 Å². The first-order chi connectivity index (χ1) is 13.9. The minimum absolute atomic E-state index is 0.209. The summed E-state index contributed by atoms with van der Waals surface area (Å²) in [5.41, 5.74) is 0.799. The van der Waals surface area contributed by atoms with Crippen molar-refractivity contribution < 1.29 is 13.2 Å². The molecule has 1 heterocycles. The lowest BCUT2D eigenvalue weighted by molar-refractivity contribution is -0.141. The van der Waals surface area contributed by atoms with Gasteiger partial charge in [-0.1, -0.05) is 36.4 Å². The van der Waals surface area contributed by atoms with Crippen LogP contribution in [0.2, 0.25) is 0 Å². The third kappa shape index (κ3) is 4.70. The Labute approximate surface area is 172 Å². The van der Waals surface area contributed by atoms with Gasteiger partial charge in [0.15, 0.2) is 10.8 Å². The molecule has 2 N–H and O–H groups in total. The van der Waals surface area contributed by atoms with E-state index in [0.717, 1.165) is 29.3 Å². The minimum Gasteiger partial charge on any atom is -0.362 e. The lowest BCUT2D eigenvalue weighted by atomic mass is 10.1. The molecule has 1 aliphatic carbocycles. The number of halogens is 3. The van der Waals surface area contributed by atoms with Crippen LogP contribution < -0.4 is 10.6 Å². The molecule has 4 nitrogen and oxygen atoms in total. The number of aryl methyl sites for hydroxylation is 1. The van der Waals surface area contributed by atoms with Gasteiger partial charge in [0, 0.05) is 35.8 Å². The van der Waals surface area contributed by atoms with Gasteiger partial charge in [0.05, 0.1) is 0 Å². The van der Waals surface area contributed by atoms with Gasteiger partial charge >= 0.3 is 6.18 Å². The Bertz CT molecular complexity index is 1020. The predicted octanol–water partition coefficient (Wildman–Crippen LogP) is 5.31. The molecule has 152 valence electrons. The Morgan fingerprint density at radius 3 is 2.66 bits per heavy atom. The molecule has 1 fully saturated rings. The van der Waals surface area contributed by atoms with Crippen LogP contribution in [-0.2, 0) is 12.7 Å². The van der Waals surface area contributed by atoms with Crippen molar-refractivity contribution in [2.45, 2.75) is 37.9 Å². The van der Waals surface area contributed by atoms with Gasteiger partial charge in [-0.15, -0.1) is 0 Å². The minimum atomic E-state index is -4.41. The quantitative estimate of drug-likeness (QED) is 0.421. The summed E-state index contributed by atoms with van der Waals surface area (Å²) >= 11 is 5.37. The summed E-state index contributed by atoms with van der Waals surface area (Å²) < 4.78 is 40.4. The number of benzene rings is 2. The number of nitrogens with one attached hydrogen (secondary N) is 2. The molecule has 1 saturated carbocycles. The molecule has 4 rings (SSSR count). The molecule has 8 heteroatoms. The normalized spacial score (nSPS) is 14.2. The lowest BCUT2D eigenvalue weighted by Crippen LogP contribution is -2.30. The summed E-state index contributed by atoms with van der Waals surface area (Å²) in [6, 6.07) is 15.2. The van der Waals surface area contributed by atoms with Gasteiger partial charge in [-0.3, -0.25) is 4.68 Å². The van der Waals surface area contributed by atoms with Crippen LogP contribution in [0.1, 0.15) is 36.6 Å². The average Bonchev–Trinajstić information content (AvgIpc) is 3.44. The van der Waals surface area contributed by atoms with Crippen LogP contribution in [0, 0.1) is 0 Å². The molecule has 0 unspecified atom stereocenters. The number of rotatable bonds is 6. The van der Waals surface area contributed by atoms with Crippen molar-refractivity contribution in [3.8, 4) is 0 Å². The second-order valence-corrected chi connectivity index (χ2v) is 7.62. The average molecular weight is 418 g/mol. The summed E-state index contributed by atoms with van der Waals surface area (Å²) in [5, 5.41) is 12.8. The summed E-state index contributed by atoms with van der Waals surface area (Å²) in [4.78, 5) is 0. The largest absolute Gasteiger partial charge is 0.435 e. The molecule has 1 aliphatic rings. The van der Waals surface area contributed by atoms with Crippen LogP contribution in [0.3, 0.4) is 0 Å². The van der Waals surface area contributed by atoms with Crippen molar-refractivity contribution in [2.24, 2.45) is 0 Å². The molecule has 0 amide bonds. The Morgan fingerprint density at radius 1 is 1.14 bits per heavy atom. The van der Waals surface area contributed by atoms with Gasteiger partial charge in [0.1, 0.15) is 0 Å². The number of thiocarbonyl (C=S) groups is 1. The van der Waals surface area contributed by atoms with Crippen molar-refractivity contribution in [3.63, 3.8) is 0 Å². The van der Waals surface area contributed by atoms with Crippen LogP contribution in [0.15, 0.2) is 48.5 Å². The van der Waals surface area contributed by atoms with E-state index in [1.807, 2.05) is 42.5 Å². The van der Waals surface area contributed by atoms with Crippen molar-refractivity contribution in [1.29, 1.82) is 0 Å². The molecule has 1 aromatic heterocycles. The number of anilines is 1. The highest BCUT2D eigenvalue weighted by Gasteiger charge is 2.37. The Kier molecular flexibility index (Phi) is 5.45. The Morgan fingerprint density at radius 2 is 1.90 bits per heavy atom. The SMILES string of the molecule is FC(F)(F)c1cc(C2CC2)n(CCCNC(=S)Nc2cccc3ccccc23)n1. The number of alkyl halides is 3. The first-order valence-corrected chi connectivity index (χ1v) is 10.0. The van der Waals surface area contributed by atoms with Gasteiger partial charge in [0.2, 0.25) is 0 Å². The van der Waals surface area contributed by atoms with E-state index in [1.165, 1.54) is 10.7 Å². The smallest absolute Gasteiger partial charge is 0.362 e. The molecule has 29 heavy (non-hydrogen) atoms. The molecule has 0 atom stereocenters. The standard InChI is InChI=1S/C21H21F3N4S/c22-21(23,24)19-13-18(15-9-10-15)28(27-19)12-4-11-25-20(29)26-17-8-3-6-14-5-1-2-7-16(14)17/h1-3,5-8,13,15H,4,9-12H2,(H2,25,26,29). The Balaban J connectivity index is 1.32. The van der Waals surface area contributed by atoms with Crippen molar-refractivity contribution in [2.75, 3.05) is 11.9 Å². The van der Waals surface area contributed by atoms with E-state index in [2.05, 4.69) is 15.7 Å². The first-order valence-electron chi connectivity index (χ1n) is 9.59. The fourth-order valence-electron chi connectivity index (χ4n) is 3.39. The molecular weight excluding hydrogens is 397 g/mol. The van der Waals surface area contributed by atoms with E-state index in [-0.39, 0.29) is 5.92 Å². The van der Waals surface area contributed by atoms with E-state index in [0.29, 0.717) is 30.3 Å². The number of fused-ring (bicyclic) bond motifs is 1. The van der Waals surface area contributed by atoms with E-state index in [1.54, 1.807) is 0 Å². The second kappa shape index (κ2) is 8.02. The second-order valence-electron chi connectivity index (χ2n) is 7.21. The highest BCUT2D eigenvalue weighted by Crippen LogP contribution is 2.42. The van der Waals surface area contributed by atoms with Crippen LogP contribution in [0.25, 0.3) is 10.8 Å². The maximum Gasteiger partial charge on any atom is 0.435 e. The molecule has 3 aromatic rings. The number of nitrogens with zero attached hydrogens (tertiary/aromatic N) is 2. The maximum absolute atomic E-state index is 13.0. The predicted molar refractivity (Wildman–Crippen MR) is 112 cm³/mol. The highest BCUT2D eigenvalue weighted by molar-refractivity contribution is 7.80.